The zero-order valence-corrected chi connectivity index (χ0v) is 13.2. The number of piperazine rings is 1. The van der Waals surface area contributed by atoms with Gasteiger partial charge in [-0.25, -0.2) is 13.2 Å². The van der Waals surface area contributed by atoms with Gasteiger partial charge < -0.3 is 9.80 Å². The predicted octanol–water partition coefficient (Wildman–Crippen LogP) is 2.70. The maximum atomic E-state index is 13.8. The van der Waals surface area contributed by atoms with Gasteiger partial charge in [-0.2, -0.15) is 0 Å². The van der Waals surface area contributed by atoms with Crippen LogP contribution < -0.4 is 0 Å². The first kappa shape index (κ1) is 17.0. The molecule has 0 aromatic heterocycles. The molecule has 0 N–H and O–H groups in total. The molecule has 0 saturated carbocycles. The Bertz CT molecular complexity index is 803. The lowest BCUT2D eigenvalue weighted by Crippen LogP contribution is -2.50. The minimum absolute atomic E-state index is 0.147. The number of hydrogen-bond acceptors (Lipinski definition) is 2. The minimum Gasteiger partial charge on any atom is -0.335 e. The van der Waals surface area contributed by atoms with Gasteiger partial charge in [0.2, 0.25) is 0 Å². The molecule has 2 amide bonds. The van der Waals surface area contributed by atoms with Crippen LogP contribution in [0, 0.1) is 17.5 Å². The first-order chi connectivity index (χ1) is 12.0. The number of benzene rings is 2. The lowest BCUT2D eigenvalue weighted by atomic mass is 10.1. The third kappa shape index (κ3) is 3.35. The van der Waals surface area contributed by atoms with Crippen molar-refractivity contribution in [1.29, 1.82) is 0 Å². The van der Waals surface area contributed by atoms with E-state index in [1.807, 2.05) is 6.07 Å². The van der Waals surface area contributed by atoms with Gasteiger partial charge in [-0.05, 0) is 24.3 Å². The number of halogens is 3. The van der Waals surface area contributed by atoms with Crippen molar-refractivity contribution in [3.8, 4) is 0 Å². The van der Waals surface area contributed by atoms with E-state index in [1.165, 1.54) is 4.90 Å². The van der Waals surface area contributed by atoms with E-state index >= 15 is 0 Å². The van der Waals surface area contributed by atoms with Crippen molar-refractivity contribution in [2.24, 2.45) is 0 Å². The maximum absolute atomic E-state index is 13.8. The third-order valence-electron chi connectivity index (χ3n) is 4.14. The van der Waals surface area contributed by atoms with Gasteiger partial charge in [0.05, 0.1) is 5.56 Å². The molecule has 4 nitrogen and oxygen atoms in total. The van der Waals surface area contributed by atoms with Crippen LogP contribution in [0.3, 0.4) is 0 Å². The van der Waals surface area contributed by atoms with Crippen LogP contribution in [0.2, 0.25) is 0 Å². The number of hydrogen-bond donors (Lipinski definition) is 0. The van der Waals surface area contributed by atoms with Gasteiger partial charge in [0.1, 0.15) is 0 Å². The highest BCUT2D eigenvalue weighted by molar-refractivity contribution is 5.96. The second-order valence-corrected chi connectivity index (χ2v) is 5.67. The molecule has 1 aliphatic rings. The van der Waals surface area contributed by atoms with E-state index in [1.54, 1.807) is 29.2 Å². The molecule has 1 saturated heterocycles. The summed E-state index contributed by atoms with van der Waals surface area (Å²) in [7, 11) is 0. The molecule has 7 heteroatoms. The lowest BCUT2D eigenvalue weighted by Gasteiger charge is -2.35. The van der Waals surface area contributed by atoms with Gasteiger partial charge in [0.15, 0.2) is 17.5 Å². The largest absolute Gasteiger partial charge is 0.335 e. The molecule has 0 atom stereocenters. The predicted molar refractivity (Wildman–Crippen MR) is 84.6 cm³/mol. The molecule has 0 bridgehead atoms. The number of amides is 2. The van der Waals surface area contributed by atoms with Crippen molar-refractivity contribution in [2.75, 3.05) is 26.2 Å². The highest BCUT2D eigenvalue weighted by Crippen LogP contribution is 2.18. The van der Waals surface area contributed by atoms with E-state index < -0.39 is 28.9 Å². The Balaban J connectivity index is 1.67. The fraction of sp³-hybridized carbons (Fsp3) is 0.222. The van der Waals surface area contributed by atoms with Gasteiger partial charge in [0, 0.05) is 31.7 Å². The van der Waals surface area contributed by atoms with Crippen LogP contribution in [0.25, 0.3) is 0 Å². The third-order valence-corrected chi connectivity index (χ3v) is 4.14. The second kappa shape index (κ2) is 6.96. The van der Waals surface area contributed by atoms with Gasteiger partial charge in [-0.1, -0.05) is 18.2 Å². The van der Waals surface area contributed by atoms with Crippen LogP contribution in [-0.4, -0.2) is 47.8 Å². The van der Waals surface area contributed by atoms with Crippen molar-refractivity contribution in [1.82, 2.24) is 9.80 Å². The SMILES string of the molecule is O=C(c1ccccc1)N1CCN(C(=O)c2ccc(F)c(F)c2F)CC1. The van der Waals surface area contributed by atoms with Crippen molar-refractivity contribution >= 4 is 11.8 Å². The molecule has 130 valence electrons. The van der Waals surface area contributed by atoms with Crippen LogP contribution in [0.5, 0.6) is 0 Å². The first-order valence-electron chi connectivity index (χ1n) is 7.76. The van der Waals surface area contributed by atoms with Crippen molar-refractivity contribution in [3.05, 3.63) is 71.0 Å². The summed E-state index contributed by atoms with van der Waals surface area (Å²) in [5.41, 5.74) is 0.0377. The fourth-order valence-corrected chi connectivity index (χ4v) is 2.74. The number of carbonyl (C=O) groups excluding carboxylic acids is 2. The monoisotopic (exact) mass is 348 g/mol. The Morgan fingerprint density at radius 3 is 1.88 bits per heavy atom. The summed E-state index contributed by atoms with van der Waals surface area (Å²) < 4.78 is 40.1. The van der Waals surface area contributed by atoms with E-state index in [9.17, 15) is 22.8 Å². The highest BCUT2D eigenvalue weighted by atomic mass is 19.2. The minimum atomic E-state index is -1.66. The summed E-state index contributed by atoms with van der Waals surface area (Å²) in [4.78, 5) is 27.6. The maximum Gasteiger partial charge on any atom is 0.257 e. The Kier molecular flexibility index (Phi) is 4.74. The lowest BCUT2D eigenvalue weighted by molar-refractivity contribution is 0.0532. The average Bonchev–Trinajstić information content (AvgIpc) is 2.66. The summed E-state index contributed by atoms with van der Waals surface area (Å²) in [5, 5.41) is 0. The summed E-state index contributed by atoms with van der Waals surface area (Å²) in [6.45, 7) is 0.946. The van der Waals surface area contributed by atoms with Crippen LogP contribution in [0.15, 0.2) is 42.5 Å². The van der Waals surface area contributed by atoms with Gasteiger partial charge in [-0.3, -0.25) is 9.59 Å². The topological polar surface area (TPSA) is 40.6 Å². The van der Waals surface area contributed by atoms with E-state index in [0.717, 1.165) is 12.1 Å². The average molecular weight is 348 g/mol. The van der Waals surface area contributed by atoms with Crippen LogP contribution in [-0.2, 0) is 0 Å². The number of nitrogens with zero attached hydrogens (tertiary/aromatic N) is 2. The Morgan fingerprint density at radius 2 is 1.28 bits per heavy atom. The zero-order valence-electron chi connectivity index (χ0n) is 13.2. The highest BCUT2D eigenvalue weighted by Gasteiger charge is 2.28. The smallest absolute Gasteiger partial charge is 0.257 e. The van der Waals surface area contributed by atoms with Crippen LogP contribution in [0.4, 0.5) is 13.2 Å². The van der Waals surface area contributed by atoms with E-state index in [-0.39, 0.29) is 32.1 Å². The molecule has 0 aliphatic carbocycles. The molecule has 1 heterocycles. The molecule has 0 unspecified atom stereocenters. The fourth-order valence-electron chi connectivity index (χ4n) is 2.74. The molecule has 1 fully saturated rings. The Morgan fingerprint density at radius 1 is 0.720 bits per heavy atom. The molecular weight excluding hydrogens is 333 g/mol. The van der Waals surface area contributed by atoms with E-state index in [2.05, 4.69) is 0 Å². The zero-order chi connectivity index (χ0) is 18.0. The summed E-state index contributed by atoms with van der Waals surface area (Å²) >= 11 is 0. The molecule has 25 heavy (non-hydrogen) atoms. The number of carbonyl (C=O) groups is 2. The summed E-state index contributed by atoms with van der Waals surface area (Å²) in [6.07, 6.45) is 0. The normalized spacial score (nSPS) is 14.5. The van der Waals surface area contributed by atoms with Gasteiger partial charge in [0.25, 0.3) is 11.8 Å². The van der Waals surface area contributed by atoms with E-state index in [0.29, 0.717) is 5.56 Å². The molecule has 2 aromatic carbocycles. The van der Waals surface area contributed by atoms with Crippen LogP contribution in [0.1, 0.15) is 20.7 Å². The summed E-state index contributed by atoms with van der Waals surface area (Å²) in [5.74, 6) is -5.36. The van der Waals surface area contributed by atoms with Crippen molar-refractivity contribution in [2.45, 2.75) is 0 Å². The Labute approximate surface area is 142 Å². The van der Waals surface area contributed by atoms with Gasteiger partial charge >= 0.3 is 0 Å². The standard InChI is InChI=1S/C18H15F3N2O2/c19-14-7-6-13(15(20)16(14)21)18(25)23-10-8-22(9-11-23)17(24)12-4-2-1-3-5-12/h1-7H,8-11H2. The Hall–Kier alpha value is -2.83. The van der Waals surface area contributed by atoms with E-state index in [4.69, 9.17) is 0 Å². The van der Waals surface area contributed by atoms with Crippen molar-refractivity contribution in [3.63, 3.8) is 0 Å². The molecular formula is C18H15F3N2O2. The number of rotatable bonds is 2. The second-order valence-electron chi connectivity index (χ2n) is 5.67. The summed E-state index contributed by atoms with van der Waals surface area (Å²) in [6, 6.07) is 10.4. The van der Waals surface area contributed by atoms with Gasteiger partial charge in [-0.15, -0.1) is 0 Å². The quantitative estimate of drug-likeness (QED) is 0.783. The molecule has 1 aliphatic heterocycles. The molecule has 0 spiro atoms. The van der Waals surface area contributed by atoms with Crippen molar-refractivity contribution < 1.29 is 22.8 Å². The molecule has 3 rings (SSSR count). The molecule has 2 aromatic rings. The molecule has 0 radical (unpaired) electrons. The van der Waals surface area contributed by atoms with Crippen LogP contribution >= 0.6 is 0 Å². The first-order valence-corrected chi connectivity index (χ1v) is 7.76.